The van der Waals surface area contributed by atoms with Gasteiger partial charge >= 0.3 is 0 Å². The molecule has 1 aliphatic heterocycles. The maximum Gasteiger partial charge on any atom is 0.255 e. The Hall–Kier alpha value is -2.39. The molecule has 1 saturated heterocycles. The molecule has 0 saturated carbocycles. The summed E-state index contributed by atoms with van der Waals surface area (Å²) in [5.41, 5.74) is 0.924. The molecule has 1 aliphatic rings. The van der Waals surface area contributed by atoms with Gasteiger partial charge in [-0.05, 0) is 19.1 Å². The molecule has 1 unspecified atom stereocenters. The minimum absolute atomic E-state index is 0.0516. The van der Waals surface area contributed by atoms with E-state index >= 15 is 0 Å². The molecule has 1 aromatic carbocycles. The molecule has 0 bridgehead atoms. The highest BCUT2D eigenvalue weighted by Gasteiger charge is 2.28. The van der Waals surface area contributed by atoms with E-state index in [1.807, 2.05) is 6.07 Å². The molecule has 3 rings (SSSR count). The zero-order valence-corrected chi connectivity index (χ0v) is 16.2. The van der Waals surface area contributed by atoms with Crippen molar-refractivity contribution in [2.24, 2.45) is 0 Å². The van der Waals surface area contributed by atoms with Crippen LogP contribution in [0.4, 0.5) is 0 Å². The summed E-state index contributed by atoms with van der Waals surface area (Å²) in [4.78, 5) is 26.3. The van der Waals surface area contributed by atoms with Crippen LogP contribution in [-0.2, 0) is 14.6 Å². The van der Waals surface area contributed by atoms with Gasteiger partial charge in [0.25, 0.3) is 5.91 Å². The Labute approximate surface area is 162 Å². The van der Waals surface area contributed by atoms with Crippen LogP contribution in [0.5, 0.6) is 0 Å². The number of aromatic nitrogens is 2. The minimum Gasteiger partial charge on any atom is -0.340 e. The van der Waals surface area contributed by atoms with Crippen molar-refractivity contribution in [1.82, 2.24) is 20.0 Å². The predicted octanol–water partition coefficient (Wildman–Crippen LogP) is 0.901. The molecule has 0 radical (unpaired) electrons. The third-order valence-corrected chi connectivity index (χ3v) is 6.25. The average molecular weight is 411 g/mol. The molecule has 1 N–H and O–H groups in total. The van der Waals surface area contributed by atoms with Gasteiger partial charge in [0.15, 0.2) is 9.84 Å². The van der Waals surface area contributed by atoms with Crippen LogP contribution in [0.3, 0.4) is 0 Å². The van der Waals surface area contributed by atoms with E-state index < -0.39 is 21.8 Å². The monoisotopic (exact) mass is 410 g/mol. The largest absolute Gasteiger partial charge is 0.340 e. The summed E-state index contributed by atoms with van der Waals surface area (Å²) < 4.78 is 24.4. The molecule has 2 aromatic rings. The first-order valence-electron chi connectivity index (χ1n) is 8.36. The molecule has 2 amide bonds. The van der Waals surface area contributed by atoms with Gasteiger partial charge in [0.05, 0.1) is 34.0 Å². The van der Waals surface area contributed by atoms with Gasteiger partial charge in [0.1, 0.15) is 6.04 Å². The van der Waals surface area contributed by atoms with Gasteiger partial charge in [-0.25, -0.2) is 13.1 Å². The summed E-state index contributed by atoms with van der Waals surface area (Å²) >= 11 is 6.13. The Bertz CT molecular complexity index is 959. The van der Waals surface area contributed by atoms with Crippen molar-refractivity contribution >= 4 is 33.3 Å². The third kappa shape index (κ3) is 4.48. The van der Waals surface area contributed by atoms with Crippen molar-refractivity contribution in [3.63, 3.8) is 0 Å². The van der Waals surface area contributed by atoms with E-state index in [1.54, 1.807) is 25.1 Å². The number of nitrogens with one attached hydrogen (secondary N) is 1. The Balaban J connectivity index is 1.64. The van der Waals surface area contributed by atoms with Crippen LogP contribution in [0.2, 0.25) is 5.02 Å². The molecule has 2 heterocycles. The highest BCUT2D eigenvalue weighted by Crippen LogP contribution is 2.19. The number of benzene rings is 1. The van der Waals surface area contributed by atoms with Crippen molar-refractivity contribution in [1.29, 1.82) is 0 Å². The summed E-state index contributed by atoms with van der Waals surface area (Å²) in [5, 5.41) is 7.26. The standard InChI is InChI=1S/C17H19ClN4O4S/c1-12(17(24)21-6-8-27(25,26)9-7-21)20-16(23)13-10-19-22(11-13)15-5-3-2-4-14(15)18/h2-5,10-12H,6-9H2,1H3,(H,20,23). The van der Waals surface area contributed by atoms with Crippen LogP contribution in [0, 0.1) is 0 Å². The van der Waals surface area contributed by atoms with Crippen LogP contribution >= 0.6 is 11.6 Å². The van der Waals surface area contributed by atoms with E-state index in [-0.39, 0.29) is 36.1 Å². The lowest BCUT2D eigenvalue weighted by Gasteiger charge is -2.29. The van der Waals surface area contributed by atoms with Gasteiger partial charge in [0.2, 0.25) is 5.91 Å². The molecule has 1 fully saturated rings. The molecule has 1 aromatic heterocycles. The summed E-state index contributed by atoms with van der Waals surface area (Å²) in [6.45, 7) is 1.86. The van der Waals surface area contributed by atoms with Crippen LogP contribution in [-0.4, -0.2) is 65.5 Å². The lowest BCUT2D eigenvalue weighted by molar-refractivity contribution is -0.132. The predicted molar refractivity (Wildman–Crippen MR) is 101 cm³/mol. The van der Waals surface area contributed by atoms with Crippen molar-refractivity contribution in [2.75, 3.05) is 24.6 Å². The zero-order chi connectivity index (χ0) is 19.6. The van der Waals surface area contributed by atoms with Crippen LogP contribution in [0.25, 0.3) is 5.69 Å². The summed E-state index contributed by atoms with van der Waals surface area (Å²) in [5.74, 6) is -0.857. The van der Waals surface area contributed by atoms with Crippen molar-refractivity contribution in [2.45, 2.75) is 13.0 Å². The van der Waals surface area contributed by atoms with E-state index in [0.29, 0.717) is 10.7 Å². The third-order valence-electron chi connectivity index (χ3n) is 4.32. The van der Waals surface area contributed by atoms with E-state index in [1.165, 1.54) is 22.0 Å². The number of carbonyl (C=O) groups is 2. The maximum atomic E-state index is 12.4. The van der Waals surface area contributed by atoms with E-state index in [2.05, 4.69) is 10.4 Å². The van der Waals surface area contributed by atoms with Crippen LogP contribution in [0.15, 0.2) is 36.7 Å². The van der Waals surface area contributed by atoms with Gasteiger partial charge in [0, 0.05) is 19.3 Å². The molecule has 144 valence electrons. The fourth-order valence-electron chi connectivity index (χ4n) is 2.76. The first-order valence-corrected chi connectivity index (χ1v) is 10.6. The number of amides is 2. The van der Waals surface area contributed by atoms with Gasteiger partial charge in [-0.2, -0.15) is 5.10 Å². The number of halogens is 1. The molecule has 0 aliphatic carbocycles. The SMILES string of the molecule is CC(NC(=O)c1cnn(-c2ccccc2Cl)c1)C(=O)N1CCS(=O)(=O)CC1. The summed E-state index contributed by atoms with van der Waals surface area (Å²) in [6, 6.07) is 6.32. The fraction of sp³-hybridized carbons (Fsp3) is 0.353. The van der Waals surface area contributed by atoms with Gasteiger partial charge < -0.3 is 10.2 Å². The van der Waals surface area contributed by atoms with Crippen molar-refractivity contribution in [3.05, 3.63) is 47.2 Å². The van der Waals surface area contributed by atoms with E-state index in [0.717, 1.165) is 0 Å². The Morgan fingerprint density at radius 1 is 1.22 bits per heavy atom. The second-order valence-corrected chi connectivity index (χ2v) is 9.01. The number of nitrogens with zero attached hydrogens (tertiary/aromatic N) is 3. The molecular formula is C17H19ClN4O4S. The van der Waals surface area contributed by atoms with Crippen LogP contribution in [0.1, 0.15) is 17.3 Å². The van der Waals surface area contributed by atoms with Gasteiger partial charge in [-0.15, -0.1) is 0 Å². The average Bonchev–Trinajstić information content (AvgIpc) is 3.11. The molecule has 0 spiro atoms. The van der Waals surface area contributed by atoms with Crippen molar-refractivity contribution < 1.29 is 18.0 Å². The highest BCUT2D eigenvalue weighted by atomic mass is 35.5. The number of sulfone groups is 1. The minimum atomic E-state index is -3.07. The zero-order valence-electron chi connectivity index (χ0n) is 14.6. The molecule has 10 heteroatoms. The highest BCUT2D eigenvalue weighted by molar-refractivity contribution is 7.91. The quantitative estimate of drug-likeness (QED) is 0.806. The fourth-order valence-corrected chi connectivity index (χ4v) is 4.18. The smallest absolute Gasteiger partial charge is 0.255 e. The van der Waals surface area contributed by atoms with E-state index in [9.17, 15) is 18.0 Å². The molecule has 1 atom stereocenters. The number of hydrogen-bond acceptors (Lipinski definition) is 5. The second kappa shape index (κ2) is 7.69. The maximum absolute atomic E-state index is 12.4. The van der Waals surface area contributed by atoms with Crippen molar-refractivity contribution in [3.8, 4) is 5.69 Å². The summed E-state index contributed by atoms with van der Waals surface area (Å²) in [6.07, 6.45) is 2.92. The van der Waals surface area contributed by atoms with E-state index in [4.69, 9.17) is 11.6 Å². The molecule has 8 nitrogen and oxygen atoms in total. The summed E-state index contributed by atoms with van der Waals surface area (Å²) in [7, 11) is -3.07. The van der Waals surface area contributed by atoms with Gasteiger partial charge in [-0.3, -0.25) is 9.59 Å². The van der Waals surface area contributed by atoms with Crippen LogP contribution < -0.4 is 5.32 Å². The molecular weight excluding hydrogens is 392 g/mol. The van der Waals surface area contributed by atoms with Gasteiger partial charge in [-0.1, -0.05) is 23.7 Å². The second-order valence-electron chi connectivity index (χ2n) is 6.30. The number of rotatable bonds is 4. The normalized spacial score (nSPS) is 17.3. The Morgan fingerprint density at radius 2 is 1.89 bits per heavy atom. The first kappa shape index (κ1) is 19.4. The number of para-hydroxylation sites is 1. The first-order chi connectivity index (χ1) is 12.8. The Kier molecular flexibility index (Phi) is 5.52. The molecule has 27 heavy (non-hydrogen) atoms. The number of hydrogen-bond donors (Lipinski definition) is 1. The lowest BCUT2D eigenvalue weighted by atomic mass is 10.2. The Morgan fingerprint density at radius 3 is 2.56 bits per heavy atom. The lowest BCUT2D eigenvalue weighted by Crippen LogP contribution is -2.51. The topological polar surface area (TPSA) is 101 Å². The number of carbonyl (C=O) groups excluding carboxylic acids is 2.